The maximum atomic E-state index is 11.5. The largest absolute Gasteiger partial charge is 0.296 e. The number of carbonyl (C=O) groups is 1. The van der Waals surface area contributed by atoms with Crippen LogP contribution in [0.2, 0.25) is 0 Å². The predicted molar refractivity (Wildman–Crippen MR) is 85.3 cm³/mol. The van der Waals surface area contributed by atoms with E-state index in [2.05, 4.69) is 37.2 Å². The van der Waals surface area contributed by atoms with E-state index < -0.39 is 0 Å². The fourth-order valence-electron chi connectivity index (χ4n) is 3.37. The van der Waals surface area contributed by atoms with E-state index in [-0.39, 0.29) is 5.91 Å². The molecule has 3 atom stereocenters. The van der Waals surface area contributed by atoms with Crippen LogP contribution >= 0.6 is 0 Å². The molecule has 0 radical (unpaired) electrons. The summed E-state index contributed by atoms with van der Waals surface area (Å²) in [6.45, 7) is 9.00. The van der Waals surface area contributed by atoms with E-state index in [9.17, 15) is 4.79 Å². The SMILES string of the molecule is CC1CC(C)C(C)N(Cc2ccccc2CC(=O)NN)C1. The summed E-state index contributed by atoms with van der Waals surface area (Å²) in [4.78, 5) is 14.1. The molecule has 21 heavy (non-hydrogen) atoms. The van der Waals surface area contributed by atoms with Gasteiger partial charge in [-0.2, -0.15) is 0 Å². The number of hydrazine groups is 1. The Bertz CT molecular complexity index is 489. The molecule has 1 aromatic carbocycles. The summed E-state index contributed by atoms with van der Waals surface area (Å²) in [6, 6.07) is 8.74. The van der Waals surface area contributed by atoms with Gasteiger partial charge in [-0.15, -0.1) is 0 Å². The molecule has 3 N–H and O–H groups in total. The van der Waals surface area contributed by atoms with Gasteiger partial charge in [0.1, 0.15) is 0 Å². The highest BCUT2D eigenvalue weighted by molar-refractivity contribution is 5.78. The van der Waals surface area contributed by atoms with Gasteiger partial charge in [0.2, 0.25) is 5.91 Å². The Hall–Kier alpha value is -1.39. The van der Waals surface area contributed by atoms with Crippen molar-refractivity contribution in [2.75, 3.05) is 6.54 Å². The van der Waals surface area contributed by atoms with Crippen molar-refractivity contribution in [1.82, 2.24) is 10.3 Å². The molecule has 1 aliphatic heterocycles. The molecular weight excluding hydrogens is 262 g/mol. The number of hydrogen-bond acceptors (Lipinski definition) is 3. The normalized spacial score (nSPS) is 26.6. The highest BCUT2D eigenvalue weighted by Crippen LogP contribution is 2.28. The average molecular weight is 289 g/mol. The van der Waals surface area contributed by atoms with Crippen LogP contribution in [0.3, 0.4) is 0 Å². The minimum Gasteiger partial charge on any atom is -0.296 e. The molecule has 116 valence electrons. The minimum atomic E-state index is -0.143. The van der Waals surface area contributed by atoms with Crippen LogP contribution in [0.5, 0.6) is 0 Å². The second kappa shape index (κ2) is 7.05. The molecule has 2 rings (SSSR count). The molecular formula is C17H27N3O. The number of piperidine rings is 1. The van der Waals surface area contributed by atoms with E-state index in [1.807, 2.05) is 18.2 Å². The van der Waals surface area contributed by atoms with Crippen LogP contribution in [0.1, 0.15) is 38.3 Å². The fourth-order valence-corrected chi connectivity index (χ4v) is 3.37. The van der Waals surface area contributed by atoms with Crippen LogP contribution in [0.25, 0.3) is 0 Å². The van der Waals surface area contributed by atoms with Crippen LogP contribution in [-0.4, -0.2) is 23.4 Å². The number of rotatable bonds is 4. The Morgan fingerprint density at radius 3 is 2.62 bits per heavy atom. The fraction of sp³-hybridized carbons (Fsp3) is 0.588. The van der Waals surface area contributed by atoms with E-state index in [1.54, 1.807) is 0 Å². The summed E-state index contributed by atoms with van der Waals surface area (Å²) in [5.41, 5.74) is 4.51. The van der Waals surface area contributed by atoms with Crippen molar-refractivity contribution in [2.45, 2.75) is 46.2 Å². The topological polar surface area (TPSA) is 58.4 Å². The zero-order valence-corrected chi connectivity index (χ0v) is 13.3. The van der Waals surface area contributed by atoms with E-state index in [0.29, 0.717) is 18.4 Å². The van der Waals surface area contributed by atoms with Gasteiger partial charge in [-0.1, -0.05) is 38.1 Å². The molecule has 0 aromatic heterocycles. The number of amides is 1. The molecule has 4 nitrogen and oxygen atoms in total. The third-order valence-corrected chi connectivity index (χ3v) is 4.72. The Morgan fingerprint density at radius 2 is 1.95 bits per heavy atom. The van der Waals surface area contributed by atoms with Crippen molar-refractivity contribution < 1.29 is 4.79 Å². The summed E-state index contributed by atoms with van der Waals surface area (Å²) in [5.74, 6) is 6.51. The summed E-state index contributed by atoms with van der Waals surface area (Å²) >= 11 is 0. The van der Waals surface area contributed by atoms with Crippen molar-refractivity contribution in [3.05, 3.63) is 35.4 Å². The Labute approximate surface area is 127 Å². The molecule has 0 aliphatic carbocycles. The maximum Gasteiger partial charge on any atom is 0.238 e. The number of nitrogens with zero attached hydrogens (tertiary/aromatic N) is 1. The second-order valence-electron chi connectivity index (χ2n) is 6.50. The first-order valence-electron chi connectivity index (χ1n) is 7.81. The number of nitrogens with two attached hydrogens (primary N) is 1. The third kappa shape index (κ3) is 4.05. The number of carbonyl (C=O) groups excluding carboxylic acids is 1. The lowest BCUT2D eigenvalue weighted by atomic mass is 9.85. The predicted octanol–water partition coefficient (Wildman–Crippen LogP) is 2.09. The van der Waals surface area contributed by atoms with Gasteiger partial charge >= 0.3 is 0 Å². The first kappa shape index (κ1) is 16.0. The quantitative estimate of drug-likeness (QED) is 0.507. The highest BCUT2D eigenvalue weighted by atomic mass is 16.2. The number of benzene rings is 1. The summed E-state index contributed by atoms with van der Waals surface area (Å²) < 4.78 is 0. The zero-order chi connectivity index (χ0) is 15.4. The molecule has 1 heterocycles. The highest BCUT2D eigenvalue weighted by Gasteiger charge is 2.28. The number of likely N-dealkylation sites (tertiary alicyclic amines) is 1. The van der Waals surface area contributed by atoms with Gasteiger partial charge in [-0.05, 0) is 36.3 Å². The van der Waals surface area contributed by atoms with Gasteiger partial charge in [0.25, 0.3) is 0 Å². The van der Waals surface area contributed by atoms with E-state index in [1.165, 1.54) is 12.0 Å². The Kier molecular flexibility index (Phi) is 5.37. The lowest BCUT2D eigenvalue weighted by molar-refractivity contribution is -0.120. The van der Waals surface area contributed by atoms with Crippen LogP contribution in [0.15, 0.2) is 24.3 Å². The summed E-state index contributed by atoms with van der Waals surface area (Å²) in [7, 11) is 0. The maximum absolute atomic E-state index is 11.5. The molecule has 4 heteroatoms. The molecule has 1 aromatic rings. The van der Waals surface area contributed by atoms with Crippen LogP contribution < -0.4 is 11.3 Å². The first-order valence-corrected chi connectivity index (χ1v) is 7.81. The second-order valence-corrected chi connectivity index (χ2v) is 6.50. The number of hydrogen-bond donors (Lipinski definition) is 2. The van der Waals surface area contributed by atoms with Gasteiger partial charge in [0.15, 0.2) is 0 Å². The van der Waals surface area contributed by atoms with Crippen LogP contribution in [0.4, 0.5) is 0 Å². The van der Waals surface area contributed by atoms with Crippen LogP contribution in [0, 0.1) is 11.8 Å². The van der Waals surface area contributed by atoms with E-state index in [0.717, 1.165) is 24.6 Å². The lowest BCUT2D eigenvalue weighted by Gasteiger charge is -2.41. The monoisotopic (exact) mass is 289 g/mol. The average Bonchev–Trinajstić information content (AvgIpc) is 2.46. The standard InChI is InChI=1S/C17H27N3O/c1-12-8-13(2)14(3)20(10-12)11-16-7-5-4-6-15(16)9-17(21)19-18/h4-7,12-14H,8-11,18H2,1-3H3,(H,19,21). The van der Waals surface area contributed by atoms with Gasteiger partial charge in [0, 0.05) is 19.1 Å². The van der Waals surface area contributed by atoms with Gasteiger partial charge in [-0.3, -0.25) is 15.1 Å². The van der Waals surface area contributed by atoms with E-state index in [4.69, 9.17) is 5.84 Å². The smallest absolute Gasteiger partial charge is 0.238 e. The Morgan fingerprint density at radius 1 is 1.29 bits per heavy atom. The number of nitrogens with one attached hydrogen (secondary N) is 1. The van der Waals surface area contributed by atoms with Crippen molar-refractivity contribution in [3.63, 3.8) is 0 Å². The Balaban J connectivity index is 2.13. The molecule has 0 saturated carbocycles. The zero-order valence-electron chi connectivity index (χ0n) is 13.3. The third-order valence-electron chi connectivity index (χ3n) is 4.72. The molecule has 1 amide bonds. The molecule has 3 unspecified atom stereocenters. The van der Waals surface area contributed by atoms with Gasteiger partial charge < -0.3 is 0 Å². The van der Waals surface area contributed by atoms with Crippen molar-refractivity contribution >= 4 is 5.91 Å². The van der Waals surface area contributed by atoms with Crippen molar-refractivity contribution in [2.24, 2.45) is 17.7 Å². The molecule has 0 bridgehead atoms. The first-order chi connectivity index (χ1) is 10.0. The summed E-state index contributed by atoms with van der Waals surface area (Å²) in [5, 5.41) is 0. The molecule has 1 aliphatic rings. The van der Waals surface area contributed by atoms with Crippen molar-refractivity contribution in [3.8, 4) is 0 Å². The molecule has 0 spiro atoms. The van der Waals surface area contributed by atoms with Gasteiger partial charge in [0.05, 0.1) is 6.42 Å². The van der Waals surface area contributed by atoms with Crippen molar-refractivity contribution in [1.29, 1.82) is 0 Å². The van der Waals surface area contributed by atoms with E-state index >= 15 is 0 Å². The molecule has 1 saturated heterocycles. The lowest BCUT2D eigenvalue weighted by Crippen LogP contribution is -2.45. The molecule has 1 fully saturated rings. The van der Waals surface area contributed by atoms with Gasteiger partial charge in [-0.25, -0.2) is 5.84 Å². The van der Waals surface area contributed by atoms with Crippen LogP contribution in [-0.2, 0) is 17.8 Å². The summed E-state index contributed by atoms with van der Waals surface area (Å²) in [6.07, 6.45) is 1.65. The minimum absolute atomic E-state index is 0.143.